The molecule has 5 nitrogen and oxygen atoms in total. The summed E-state index contributed by atoms with van der Waals surface area (Å²) in [5, 5.41) is 6.20. The van der Waals surface area contributed by atoms with Gasteiger partial charge in [0.1, 0.15) is 6.61 Å². The van der Waals surface area contributed by atoms with Crippen LogP contribution in [0.2, 0.25) is 0 Å². The van der Waals surface area contributed by atoms with Crippen LogP contribution < -0.4 is 10.6 Å². The Morgan fingerprint density at radius 1 is 1.17 bits per heavy atom. The Morgan fingerprint density at radius 2 is 1.78 bits per heavy atom. The first-order valence-corrected chi connectivity index (χ1v) is 6.72. The number of likely N-dealkylation sites (N-methyl/N-ethyl adjacent to an activating group) is 1. The largest absolute Gasteiger partial charge is 0.369 e. The highest BCUT2D eigenvalue weighted by atomic mass is 16.5. The predicted octanol–water partition coefficient (Wildman–Crippen LogP) is 0.457. The lowest BCUT2D eigenvalue weighted by Crippen LogP contribution is -2.38. The maximum Gasteiger partial charge on any atom is 0.246 e. The van der Waals surface area contributed by atoms with Crippen molar-refractivity contribution in [2.75, 3.05) is 39.8 Å². The number of carbonyl (C=O) groups excluding carboxylic acids is 1. The number of nitrogens with one attached hydrogen (secondary N) is 2. The predicted molar refractivity (Wildman–Crippen MR) is 74.7 cm³/mol. The smallest absolute Gasteiger partial charge is 0.246 e. The average molecular weight is 259 g/mol. The van der Waals surface area contributed by atoms with Gasteiger partial charge in [-0.2, -0.15) is 0 Å². The fraction of sp³-hybridized carbons (Fsp3) is 0.923. The molecule has 18 heavy (non-hydrogen) atoms. The number of hydrogen-bond acceptors (Lipinski definition) is 4. The molecule has 0 rings (SSSR count). The molecular formula is C13H29N3O2. The molecule has 0 aromatic carbocycles. The van der Waals surface area contributed by atoms with Gasteiger partial charge < -0.3 is 20.3 Å². The summed E-state index contributed by atoms with van der Waals surface area (Å²) in [4.78, 5) is 13.6. The van der Waals surface area contributed by atoms with Crippen molar-refractivity contribution < 1.29 is 9.53 Å². The van der Waals surface area contributed by atoms with Gasteiger partial charge in [-0.05, 0) is 20.9 Å². The van der Waals surface area contributed by atoms with E-state index in [1.54, 1.807) is 0 Å². The normalized spacial score (nSPS) is 11.6. The van der Waals surface area contributed by atoms with Crippen molar-refractivity contribution in [2.45, 2.75) is 39.8 Å². The number of rotatable bonds is 10. The van der Waals surface area contributed by atoms with E-state index >= 15 is 0 Å². The summed E-state index contributed by atoms with van der Waals surface area (Å²) >= 11 is 0. The molecule has 0 unspecified atom stereocenters. The Balaban J connectivity index is 3.44. The van der Waals surface area contributed by atoms with Crippen LogP contribution in [0.3, 0.4) is 0 Å². The Kier molecular flexibility index (Phi) is 9.92. The second-order valence-corrected chi connectivity index (χ2v) is 5.12. The SMILES string of the molecule is CC(C)NCCN(C)CCNC(=O)COC(C)C. The van der Waals surface area contributed by atoms with E-state index in [4.69, 9.17) is 4.74 Å². The van der Waals surface area contributed by atoms with Gasteiger partial charge in [0.15, 0.2) is 0 Å². The number of hydrogen-bond donors (Lipinski definition) is 2. The van der Waals surface area contributed by atoms with E-state index in [0.717, 1.165) is 19.6 Å². The second kappa shape index (κ2) is 10.3. The van der Waals surface area contributed by atoms with E-state index in [-0.39, 0.29) is 18.6 Å². The van der Waals surface area contributed by atoms with Gasteiger partial charge in [0.25, 0.3) is 0 Å². The Bertz CT molecular complexity index is 220. The topological polar surface area (TPSA) is 53.6 Å². The van der Waals surface area contributed by atoms with Crippen molar-refractivity contribution in [3.05, 3.63) is 0 Å². The van der Waals surface area contributed by atoms with Gasteiger partial charge in [0.2, 0.25) is 5.91 Å². The second-order valence-electron chi connectivity index (χ2n) is 5.12. The van der Waals surface area contributed by atoms with Crippen molar-refractivity contribution >= 4 is 5.91 Å². The molecular weight excluding hydrogens is 230 g/mol. The first-order valence-electron chi connectivity index (χ1n) is 6.72. The van der Waals surface area contributed by atoms with Gasteiger partial charge in [-0.25, -0.2) is 0 Å². The standard InChI is InChI=1S/C13H29N3O2/c1-11(2)14-6-8-16(5)9-7-15-13(17)10-18-12(3)4/h11-12,14H,6-10H2,1-5H3,(H,15,17). The minimum atomic E-state index is -0.0441. The third kappa shape index (κ3) is 11.8. The number of carbonyl (C=O) groups is 1. The van der Waals surface area contributed by atoms with Crippen LogP contribution in [0.5, 0.6) is 0 Å². The molecule has 0 radical (unpaired) electrons. The quantitative estimate of drug-likeness (QED) is 0.598. The summed E-state index contributed by atoms with van der Waals surface area (Å²) in [5.74, 6) is -0.0441. The number of nitrogens with zero attached hydrogens (tertiary/aromatic N) is 1. The number of ether oxygens (including phenoxy) is 1. The van der Waals surface area contributed by atoms with Gasteiger partial charge in [-0.3, -0.25) is 4.79 Å². The molecule has 0 bridgehead atoms. The monoisotopic (exact) mass is 259 g/mol. The summed E-state index contributed by atoms with van der Waals surface area (Å²) in [6.45, 7) is 11.7. The van der Waals surface area contributed by atoms with Crippen LogP contribution in [-0.2, 0) is 9.53 Å². The van der Waals surface area contributed by atoms with E-state index in [9.17, 15) is 4.79 Å². The van der Waals surface area contributed by atoms with E-state index in [2.05, 4.69) is 36.4 Å². The van der Waals surface area contributed by atoms with Gasteiger partial charge in [-0.1, -0.05) is 13.8 Å². The lowest BCUT2D eigenvalue weighted by molar-refractivity contribution is -0.127. The molecule has 0 aromatic heterocycles. The maximum absolute atomic E-state index is 11.4. The number of amides is 1. The van der Waals surface area contributed by atoms with Crippen LogP contribution in [0.15, 0.2) is 0 Å². The molecule has 2 N–H and O–H groups in total. The summed E-state index contributed by atoms with van der Waals surface area (Å²) in [6.07, 6.45) is 0.0977. The molecule has 0 saturated heterocycles. The molecule has 0 aromatic rings. The summed E-state index contributed by atoms with van der Waals surface area (Å²) in [5.41, 5.74) is 0. The van der Waals surface area contributed by atoms with Crippen LogP contribution in [0.1, 0.15) is 27.7 Å². The fourth-order valence-corrected chi connectivity index (χ4v) is 1.34. The molecule has 108 valence electrons. The minimum absolute atomic E-state index is 0.0441. The van der Waals surface area contributed by atoms with Crippen LogP contribution >= 0.6 is 0 Å². The summed E-state index contributed by atoms with van der Waals surface area (Å²) in [7, 11) is 2.05. The summed E-state index contributed by atoms with van der Waals surface area (Å²) < 4.78 is 5.22. The third-order valence-corrected chi connectivity index (χ3v) is 2.41. The zero-order valence-electron chi connectivity index (χ0n) is 12.5. The highest BCUT2D eigenvalue weighted by Crippen LogP contribution is 1.86. The van der Waals surface area contributed by atoms with Crippen LogP contribution in [0.25, 0.3) is 0 Å². The molecule has 0 atom stereocenters. The van der Waals surface area contributed by atoms with E-state index in [1.807, 2.05) is 13.8 Å². The van der Waals surface area contributed by atoms with Crippen molar-refractivity contribution in [1.82, 2.24) is 15.5 Å². The van der Waals surface area contributed by atoms with Crippen LogP contribution in [-0.4, -0.2) is 62.8 Å². The van der Waals surface area contributed by atoms with Gasteiger partial charge in [0, 0.05) is 32.2 Å². The molecule has 5 heteroatoms. The molecule has 0 aliphatic rings. The third-order valence-electron chi connectivity index (χ3n) is 2.41. The van der Waals surface area contributed by atoms with Gasteiger partial charge >= 0.3 is 0 Å². The van der Waals surface area contributed by atoms with Gasteiger partial charge in [-0.15, -0.1) is 0 Å². The Hall–Kier alpha value is -0.650. The van der Waals surface area contributed by atoms with Crippen molar-refractivity contribution in [2.24, 2.45) is 0 Å². The molecule has 0 aliphatic heterocycles. The van der Waals surface area contributed by atoms with Crippen molar-refractivity contribution in [3.63, 3.8) is 0 Å². The van der Waals surface area contributed by atoms with Gasteiger partial charge in [0.05, 0.1) is 6.10 Å². The molecule has 1 amide bonds. The fourth-order valence-electron chi connectivity index (χ4n) is 1.34. The molecule has 0 saturated carbocycles. The Labute approximate surface area is 111 Å². The van der Waals surface area contributed by atoms with Crippen molar-refractivity contribution in [1.29, 1.82) is 0 Å². The first kappa shape index (κ1) is 17.4. The zero-order chi connectivity index (χ0) is 14.0. The molecule has 0 aliphatic carbocycles. The average Bonchev–Trinajstić information content (AvgIpc) is 2.25. The van der Waals surface area contributed by atoms with Crippen LogP contribution in [0, 0.1) is 0 Å². The highest BCUT2D eigenvalue weighted by molar-refractivity contribution is 5.77. The Morgan fingerprint density at radius 3 is 2.33 bits per heavy atom. The minimum Gasteiger partial charge on any atom is -0.369 e. The van der Waals surface area contributed by atoms with Crippen LogP contribution in [0.4, 0.5) is 0 Å². The van der Waals surface area contributed by atoms with Crippen molar-refractivity contribution in [3.8, 4) is 0 Å². The first-order chi connectivity index (χ1) is 8.41. The van der Waals surface area contributed by atoms with E-state index in [1.165, 1.54) is 0 Å². The molecule has 0 spiro atoms. The zero-order valence-corrected chi connectivity index (χ0v) is 12.5. The lowest BCUT2D eigenvalue weighted by Gasteiger charge is -2.18. The van der Waals surface area contributed by atoms with E-state index in [0.29, 0.717) is 12.6 Å². The summed E-state index contributed by atoms with van der Waals surface area (Å²) in [6, 6.07) is 0.520. The molecule has 0 heterocycles. The lowest BCUT2D eigenvalue weighted by atomic mass is 10.4. The maximum atomic E-state index is 11.4. The molecule has 0 fully saturated rings. The highest BCUT2D eigenvalue weighted by Gasteiger charge is 2.03. The van der Waals surface area contributed by atoms with E-state index < -0.39 is 0 Å².